The van der Waals surface area contributed by atoms with E-state index in [1.807, 2.05) is 18.2 Å². The molecule has 20 heavy (non-hydrogen) atoms. The number of fused-ring (bicyclic) bond motifs is 1. The fourth-order valence-corrected chi connectivity index (χ4v) is 2.92. The topological polar surface area (TPSA) is 34.1 Å². The first kappa shape index (κ1) is 13.3. The van der Waals surface area contributed by atoms with Crippen molar-refractivity contribution in [1.29, 1.82) is 0 Å². The molecule has 0 bridgehead atoms. The quantitative estimate of drug-likeness (QED) is 0.858. The number of anilines is 1. The Labute approximate surface area is 123 Å². The first-order valence-electron chi connectivity index (χ1n) is 6.81. The number of hydrogen-bond acceptors (Lipinski definition) is 3. The van der Waals surface area contributed by atoms with E-state index in [2.05, 4.69) is 22.4 Å². The van der Waals surface area contributed by atoms with Crippen molar-refractivity contribution in [3.63, 3.8) is 0 Å². The lowest BCUT2D eigenvalue weighted by atomic mass is 9.87. The molecule has 1 N–H and O–H groups in total. The number of aryl methyl sites for hydroxylation is 1. The molecule has 1 aromatic carbocycles. The van der Waals surface area contributed by atoms with Crippen LogP contribution in [0.5, 0.6) is 5.75 Å². The minimum atomic E-state index is 0.298. The van der Waals surface area contributed by atoms with Crippen molar-refractivity contribution in [3.05, 3.63) is 52.8 Å². The van der Waals surface area contributed by atoms with Crippen molar-refractivity contribution in [2.75, 3.05) is 12.4 Å². The van der Waals surface area contributed by atoms with Gasteiger partial charge in [-0.15, -0.1) is 0 Å². The monoisotopic (exact) mass is 288 g/mol. The molecule has 2 aromatic rings. The summed E-state index contributed by atoms with van der Waals surface area (Å²) < 4.78 is 5.34. The largest absolute Gasteiger partial charge is 0.497 e. The zero-order valence-electron chi connectivity index (χ0n) is 11.4. The second-order valence-electron chi connectivity index (χ2n) is 5.02. The molecule has 0 spiro atoms. The fraction of sp³-hybridized carbons (Fsp3) is 0.312. The van der Waals surface area contributed by atoms with Gasteiger partial charge >= 0.3 is 0 Å². The van der Waals surface area contributed by atoms with Gasteiger partial charge in [0.2, 0.25) is 0 Å². The van der Waals surface area contributed by atoms with Gasteiger partial charge in [0.15, 0.2) is 0 Å². The molecule has 104 valence electrons. The summed E-state index contributed by atoms with van der Waals surface area (Å²) in [4.78, 5) is 4.01. The Morgan fingerprint density at radius 2 is 2.20 bits per heavy atom. The highest BCUT2D eigenvalue weighted by atomic mass is 35.5. The second kappa shape index (κ2) is 5.71. The van der Waals surface area contributed by atoms with E-state index in [0.717, 1.165) is 24.3 Å². The van der Waals surface area contributed by atoms with Crippen LogP contribution in [0.4, 0.5) is 5.69 Å². The number of pyridine rings is 1. The highest BCUT2D eigenvalue weighted by molar-refractivity contribution is 6.29. The van der Waals surface area contributed by atoms with E-state index >= 15 is 0 Å². The van der Waals surface area contributed by atoms with Crippen LogP contribution in [0.25, 0.3) is 0 Å². The number of ether oxygens (including phenoxy) is 1. The SMILES string of the molecule is COc1ccc2c(c1)C(Nc1ccnc(Cl)c1)CCC2. The minimum absolute atomic E-state index is 0.298. The van der Waals surface area contributed by atoms with Gasteiger partial charge in [-0.1, -0.05) is 17.7 Å². The molecule has 0 saturated heterocycles. The third kappa shape index (κ3) is 2.73. The smallest absolute Gasteiger partial charge is 0.131 e. The number of hydrogen-bond donors (Lipinski definition) is 1. The predicted octanol–water partition coefficient (Wildman–Crippen LogP) is 4.23. The molecule has 4 heteroatoms. The van der Waals surface area contributed by atoms with Crippen LogP contribution in [0.2, 0.25) is 5.15 Å². The number of methoxy groups -OCH3 is 1. The molecule has 0 fully saturated rings. The molecule has 0 saturated carbocycles. The van der Waals surface area contributed by atoms with Crippen LogP contribution < -0.4 is 10.1 Å². The molecular weight excluding hydrogens is 272 g/mol. The zero-order valence-corrected chi connectivity index (χ0v) is 12.2. The highest BCUT2D eigenvalue weighted by Crippen LogP contribution is 2.34. The van der Waals surface area contributed by atoms with Gasteiger partial charge < -0.3 is 10.1 Å². The molecule has 0 aliphatic heterocycles. The highest BCUT2D eigenvalue weighted by Gasteiger charge is 2.20. The molecule has 3 nitrogen and oxygen atoms in total. The van der Waals surface area contributed by atoms with Crippen molar-refractivity contribution >= 4 is 17.3 Å². The molecule has 1 atom stereocenters. The number of benzene rings is 1. The van der Waals surface area contributed by atoms with Gasteiger partial charge in [-0.25, -0.2) is 4.98 Å². The van der Waals surface area contributed by atoms with Crippen LogP contribution >= 0.6 is 11.6 Å². The average molecular weight is 289 g/mol. The third-order valence-electron chi connectivity index (χ3n) is 3.73. The molecule has 1 unspecified atom stereocenters. The Balaban J connectivity index is 1.89. The second-order valence-corrected chi connectivity index (χ2v) is 5.41. The van der Waals surface area contributed by atoms with Crippen molar-refractivity contribution in [1.82, 2.24) is 4.98 Å². The van der Waals surface area contributed by atoms with E-state index in [1.165, 1.54) is 17.5 Å². The third-order valence-corrected chi connectivity index (χ3v) is 3.94. The van der Waals surface area contributed by atoms with Crippen molar-refractivity contribution in [2.24, 2.45) is 0 Å². The number of rotatable bonds is 3. The molecule has 1 aromatic heterocycles. The summed E-state index contributed by atoms with van der Waals surface area (Å²) in [5.74, 6) is 0.908. The normalized spacial score (nSPS) is 17.4. The molecular formula is C16H17ClN2O. The standard InChI is InChI=1S/C16H17ClN2O/c1-20-13-6-5-11-3-2-4-15(14(11)10-13)19-12-7-8-18-16(17)9-12/h5-10,15H,2-4H2,1H3,(H,18,19). The molecule has 1 aliphatic rings. The van der Waals surface area contributed by atoms with Crippen LogP contribution in [0.3, 0.4) is 0 Å². The van der Waals surface area contributed by atoms with Crippen LogP contribution in [0.15, 0.2) is 36.5 Å². The lowest BCUT2D eigenvalue weighted by molar-refractivity contribution is 0.413. The van der Waals surface area contributed by atoms with E-state index < -0.39 is 0 Å². The summed E-state index contributed by atoms with van der Waals surface area (Å²) in [7, 11) is 1.70. The van der Waals surface area contributed by atoms with Gasteiger partial charge in [0.1, 0.15) is 10.9 Å². The van der Waals surface area contributed by atoms with Crippen LogP contribution in [0.1, 0.15) is 30.0 Å². The van der Waals surface area contributed by atoms with E-state index in [9.17, 15) is 0 Å². The maximum atomic E-state index is 5.94. The first-order chi connectivity index (χ1) is 9.76. The number of nitrogens with zero attached hydrogens (tertiary/aromatic N) is 1. The van der Waals surface area contributed by atoms with Crippen LogP contribution in [-0.4, -0.2) is 12.1 Å². The minimum Gasteiger partial charge on any atom is -0.497 e. The zero-order chi connectivity index (χ0) is 13.9. The van der Waals surface area contributed by atoms with E-state index in [1.54, 1.807) is 13.3 Å². The summed E-state index contributed by atoms with van der Waals surface area (Å²) in [6, 6.07) is 10.4. The molecule has 3 rings (SSSR count). The average Bonchev–Trinajstić information content (AvgIpc) is 2.47. The van der Waals surface area contributed by atoms with Crippen molar-refractivity contribution in [3.8, 4) is 5.75 Å². The van der Waals surface area contributed by atoms with Crippen molar-refractivity contribution < 1.29 is 4.74 Å². The van der Waals surface area contributed by atoms with Gasteiger partial charge in [-0.3, -0.25) is 0 Å². The molecule has 1 heterocycles. The maximum Gasteiger partial charge on any atom is 0.131 e. The Kier molecular flexibility index (Phi) is 3.79. The molecule has 0 radical (unpaired) electrons. The summed E-state index contributed by atoms with van der Waals surface area (Å²) >= 11 is 5.94. The number of halogens is 1. The summed E-state index contributed by atoms with van der Waals surface area (Å²) in [5, 5.41) is 4.06. The van der Waals surface area contributed by atoms with Gasteiger partial charge in [0, 0.05) is 11.9 Å². The first-order valence-corrected chi connectivity index (χ1v) is 7.19. The Morgan fingerprint density at radius 1 is 1.30 bits per heavy atom. The van der Waals surface area contributed by atoms with Crippen molar-refractivity contribution in [2.45, 2.75) is 25.3 Å². The van der Waals surface area contributed by atoms with Crippen LogP contribution in [0, 0.1) is 0 Å². The van der Waals surface area contributed by atoms with E-state index in [4.69, 9.17) is 16.3 Å². The van der Waals surface area contributed by atoms with Gasteiger partial charge in [-0.2, -0.15) is 0 Å². The molecule has 1 aliphatic carbocycles. The fourth-order valence-electron chi connectivity index (χ4n) is 2.75. The Bertz CT molecular complexity index is 615. The lowest BCUT2D eigenvalue weighted by Gasteiger charge is -2.27. The summed E-state index contributed by atoms with van der Waals surface area (Å²) in [6.07, 6.45) is 5.16. The number of aromatic nitrogens is 1. The van der Waals surface area contributed by atoms with Gasteiger partial charge in [0.25, 0.3) is 0 Å². The van der Waals surface area contributed by atoms with Gasteiger partial charge in [-0.05, 0) is 54.7 Å². The Hall–Kier alpha value is -1.74. The van der Waals surface area contributed by atoms with E-state index in [0.29, 0.717) is 11.2 Å². The maximum absolute atomic E-state index is 5.94. The van der Waals surface area contributed by atoms with Gasteiger partial charge in [0.05, 0.1) is 13.2 Å². The number of nitrogens with one attached hydrogen (secondary N) is 1. The van der Waals surface area contributed by atoms with Crippen LogP contribution in [-0.2, 0) is 6.42 Å². The van der Waals surface area contributed by atoms with E-state index in [-0.39, 0.29) is 0 Å². The summed E-state index contributed by atoms with van der Waals surface area (Å²) in [5.41, 5.74) is 3.73. The lowest BCUT2D eigenvalue weighted by Crippen LogP contribution is -2.17. The summed E-state index contributed by atoms with van der Waals surface area (Å²) in [6.45, 7) is 0. The molecule has 0 amide bonds. The Morgan fingerprint density at radius 3 is 3.00 bits per heavy atom. The predicted molar refractivity (Wildman–Crippen MR) is 81.5 cm³/mol.